The van der Waals surface area contributed by atoms with Crippen molar-refractivity contribution in [2.75, 3.05) is 10.6 Å². The van der Waals surface area contributed by atoms with Gasteiger partial charge < -0.3 is 29.7 Å². The average Bonchev–Trinajstić information content (AvgIpc) is 4.10. The maximum Gasteiger partial charge on any atom is 0.416 e. The number of hydrogen-bond acceptors (Lipinski definition) is 8. The van der Waals surface area contributed by atoms with Gasteiger partial charge in [-0.3, -0.25) is 19.2 Å². The molecule has 14 nitrogen and oxygen atoms in total. The Hall–Kier alpha value is -9.61. The molecular weight excluding hydrogens is 1140 g/mol. The second-order valence-corrected chi connectivity index (χ2v) is 18.8. The third-order valence-corrected chi connectivity index (χ3v) is 12.8. The minimum atomic E-state index is -4.61. The summed E-state index contributed by atoms with van der Waals surface area (Å²) in [5.41, 5.74) is 5.02. The van der Waals surface area contributed by atoms with Crippen molar-refractivity contribution < 1.29 is 35.9 Å². The van der Waals surface area contributed by atoms with E-state index in [0.717, 1.165) is 49.7 Å². The van der Waals surface area contributed by atoms with Crippen LogP contribution in [0.5, 0.6) is 0 Å². The largest absolute Gasteiger partial charge is 0.416 e. The van der Waals surface area contributed by atoms with Gasteiger partial charge in [0.2, 0.25) is 11.1 Å². The zero-order valence-electron chi connectivity index (χ0n) is 41.9. The van der Waals surface area contributed by atoms with Crippen molar-refractivity contribution in [1.29, 1.82) is 0 Å². The molecule has 10 aromatic rings. The number of aryl methyl sites for hydroxylation is 4. The molecule has 0 aliphatic heterocycles. The molecule has 0 atom stereocenters. The monoisotopic (exact) mass is 1180 g/mol. The van der Waals surface area contributed by atoms with Gasteiger partial charge in [0.05, 0.1) is 35.2 Å². The van der Waals surface area contributed by atoms with Crippen molar-refractivity contribution in [3.05, 3.63) is 232 Å². The van der Waals surface area contributed by atoms with E-state index in [0.29, 0.717) is 44.9 Å². The molecule has 4 aromatic carbocycles. The fourth-order valence-corrected chi connectivity index (χ4v) is 8.03. The van der Waals surface area contributed by atoms with Gasteiger partial charge in [0.25, 0.3) is 11.8 Å². The Balaban J connectivity index is 0.000000176. The number of hydrogen-bond donors (Lipinski definition) is 4. The van der Waals surface area contributed by atoms with Gasteiger partial charge in [0.1, 0.15) is 11.3 Å². The summed E-state index contributed by atoms with van der Waals surface area (Å²) < 4.78 is 84.5. The van der Waals surface area contributed by atoms with Crippen LogP contribution in [0.4, 0.5) is 37.7 Å². The summed E-state index contributed by atoms with van der Waals surface area (Å²) in [6.07, 6.45) is 5.20. The number of aromatic amines is 2. The van der Waals surface area contributed by atoms with E-state index in [4.69, 9.17) is 6.42 Å². The highest BCUT2D eigenvalue weighted by Gasteiger charge is 2.33. The number of terminal acetylenes is 1. The van der Waals surface area contributed by atoms with Gasteiger partial charge in [-0.25, -0.2) is 19.9 Å². The van der Waals surface area contributed by atoms with Gasteiger partial charge in [-0.1, -0.05) is 29.9 Å². The maximum atomic E-state index is 13.6. The van der Waals surface area contributed by atoms with E-state index < -0.39 is 35.3 Å². The lowest BCUT2D eigenvalue weighted by molar-refractivity contribution is -0.138. The summed E-state index contributed by atoms with van der Waals surface area (Å²) in [5.74, 6) is 7.46. The molecule has 10 rings (SSSR count). The van der Waals surface area contributed by atoms with Gasteiger partial charge in [-0.2, -0.15) is 26.3 Å². The summed E-state index contributed by atoms with van der Waals surface area (Å²) in [5, 5.41) is 6.69. The molecule has 396 valence electrons. The lowest BCUT2D eigenvalue weighted by atomic mass is 10.0. The molecule has 21 heteroatoms. The van der Waals surface area contributed by atoms with Gasteiger partial charge >= 0.3 is 12.4 Å². The third-order valence-electron chi connectivity index (χ3n) is 11.6. The van der Waals surface area contributed by atoms with Crippen molar-refractivity contribution in [3.8, 4) is 35.6 Å². The molecule has 4 N–H and O–H groups in total. The molecule has 79 heavy (non-hydrogen) atoms. The Morgan fingerprint density at radius 2 is 1.04 bits per heavy atom. The number of carbonyl (C=O) groups is 2. The molecule has 0 saturated carbocycles. The van der Waals surface area contributed by atoms with Crippen LogP contribution in [0.2, 0.25) is 0 Å². The standard InChI is InChI=1S/C29H20F3N5O2.C19H15F3IN3O.C10H6N2O/c1-17-3-5-22(10-20(17)6-4-19-9-21-7-8-26(38)36-27(21)33-14-19)28(39)35-24-11-23(29(30,31)32)12-25(13-24)37-15-18(2)34-16-37;1-11-3-4-13(5-17(11)23)18(27)25-15-6-14(19(20,21)22)7-16(8-15)26-9-12(2)24-10-26;1-2-7-5-8-3-4-9(13)12-10(8)11-6-7/h3,5,7-16H,1-2H3,(H,35,39)(H,33,36,38);3-10H,1-2H3,(H,25,27);1,3-6H,(H,11,12,13). The van der Waals surface area contributed by atoms with E-state index in [2.05, 4.69) is 80.9 Å². The molecule has 0 bridgehead atoms. The Morgan fingerprint density at radius 1 is 0.570 bits per heavy atom. The van der Waals surface area contributed by atoms with Gasteiger partial charge in [-0.15, -0.1) is 6.42 Å². The topological polar surface area (TPSA) is 185 Å². The quantitative estimate of drug-likeness (QED) is 0.0720. The number of anilines is 2. The molecule has 0 fully saturated rings. The first-order valence-electron chi connectivity index (χ1n) is 23.4. The van der Waals surface area contributed by atoms with Crippen LogP contribution >= 0.6 is 22.6 Å². The smallest absolute Gasteiger partial charge is 0.322 e. The summed E-state index contributed by atoms with van der Waals surface area (Å²) >= 11 is 2.11. The Bertz CT molecular complexity index is 4220. The molecule has 0 radical (unpaired) electrons. The molecule has 6 heterocycles. The number of alkyl halides is 6. The van der Waals surface area contributed by atoms with Crippen LogP contribution in [0.25, 0.3) is 33.4 Å². The van der Waals surface area contributed by atoms with Crippen molar-refractivity contribution in [3.63, 3.8) is 0 Å². The van der Waals surface area contributed by atoms with E-state index in [1.807, 2.05) is 13.8 Å². The number of benzene rings is 4. The highest BCUT2D eigenvalue weighted by molar-refractivity contribution is 14.1. The van der Waals surface area contributed by atoms with Crippen molar-refractivity contribution in [2.24, 2.45) is 0 Å². The number of halogens is 7. The number of nitrogens with one attached hydrogen (secondary N) is 4. The number of imidazole rings is 2. The van der Waals surface area contributed by atoms with E-state index in [9.17, 15) is 45.5 Å². The van der Waals surface area contributed by atoms with Gasteiger partial charge in [-0.05, 0) is 146 Å². The van der Waals surface area contributed by atoms with E-state index in [1.54, 1.807) is 93.1 Å². The number of rotatable bonds is 6. The van der Waals surface area contributed by atoms with Crippen LogP contribution in [-0.4, -0.2) is 50.9 Å². The van der Waals surface area contributed by atoms with Crippen molar-refractivity contribution in [1.82, 2.24) is 39.0 Å². The Kier molecular flexibility index (Phi) is 16.4. The highest BCUT2D eigenvalue weighted by atomic mass is 127. The first kappa shape index (κ1) is 55.6. The highest BCUT2D eigenvalue weighted by Crippen LogP contribution is 2.35. The molecule has 0 unspecified atom stereocenters. The van der Waals surface area contributed by atoms with E-state index in [1.165, 1.54) is 52.3 Å². The van der Waals surface area contributed by atoms with Crippen LogP contribution < -0.4 is 21.8 Å². The van der Waals surface area contributed by atoms with Crippen LogP contribution in [0.3, 0.4) is 0 Å². The predicted molar refractivity (Wildman–Crippen MR) is 296 cm³/mol. The minimum Gasteiger partial charge on any atom is -0.322 e. The number of fused-ring (bicyclic) bond motifs is 2. The van der Waals surface area contributed by atoms with E-state index >= 15 is 0 Å². The SMILES string of the molecule is C#Cc1cnc2[nH]c(=O)ccc2c1.Cc1cn(-c2cc(NC(=O)c3ccc(C)c(C#Cc4cnc5[nH]c(=O)ccc5c4)c3)cc(C(F)(F)F)c2)cn1.Cc1cn(-c2cc(NC(=O)c3ccc(C)c(I)c3)cc(C(F)(F)F)c2)cn1. The molecule has 0 spiro atoms. The summed E-state index contributed by atoms with van der Waals surface area (Å²) in [6.45, 7) is 7.21. The van der Waals surface area contributed by atoms with Crippen LogP contribution in [0.15, 0.2) is 156 Å². The summed E-state index contributed by atoms with van der Waals surface area (Å²) in [6, 6.07) is 26.5. The van der Waals surface area contributed by atoms with Crippen LogP contribution in [0.1, 0.15) is 71.0 Å². The molecule has 6 aromatic heterocycles. The number of nitrogens with zero attached hydrogens (tertiary/aromatic N) is 6. The Labute approximate surface area is 459 Å². The number of carbonyl (C=O) groups excluding carboxylic acids is 2. The van der Waals surface area contributed by atoms with Gasteiger partial charge in [0.15, 0.2) is 0 Å². The summed E-state index contributed by atoms with van der Waals surface area (Å²) in [4.78, 5) is 69.4. The zero-order chi connectivity index (χ0) is 56.8. The maximum absolute atomic E-state index is 13.6. The molecular formula is C58H41F6IN10O4. The predicted octanol–water partition coefficient (Wildman–Crippen LogP) is 11.7. The fraction of sp³-hybridized carbons (Fsp3) is 0.103. The second kappa shape index (κ2) is 23.3. The first-order chi connectivity index (χ1) is 37.5. The second-order valence-electron chi connectivity index (χ2n) is 17.6. The first-order valence-corrected chi connectivity index (χ1v) is 24.5. The number of pyridine rings is 4. The lowest BCUT2D eigenvalue weighted by Gasteiger charge is -2.14. The van der Waals surface area contributed by atoms with E-state index in [-0.39, 0.29) is 39.4 Å². The number of aromatic nitrogens is 8. The number of amides is 2. The zero-order valence-corrected chi connectivity index (χ0v) is 44.1. The normalized spacial score (nSPS) is 11.1. The number of H-pyrrole nitrogens is 2. The fourth-order valence-electron chi connectivity index (χ4n) is 7.52. The molecule has 0 saturated heterocycles. The molecule has 2 amide bonds. The Morgan fingerprint density at radius 3 is 1.49 bits per heavy atom. The van der Waals surface area contributed by atoms with Crippen LogP contribution in [0, 0.1) is 55.4 Å². The summed E-state index contributed by atoms with van der Waals surface area (Å²) in [7, 11) is 0. The molecule has 0 aliphatic carbocycles. The molecule has 0 aliphatic rings. The average molecular weight is 1180 g/mol. The van der Waals surface area contributed by atoms with Crippen LogP contribution in [-0.2, 0) is 12.4 Å². The third kappa shape index (κ3) is 14.3. The van der Waals surface area contributed by atoms with Gasteiger partial charge in [0, 0.05) is 102 Å². The van der Waals surface area contributed by atoms with Crippen molar-refractivity contribution >= 4 is 67.8 Å². The van der Waals surface area contributed by atoms with Crippen molar-refractivity contribution in [2.45, 2.75) is 40.0 Å². The minimum absolute atomic E-state index is 0.00957. The lowest BCUT2D eigenvalue weighted by Crippen LogP contribution is -2.14.